The predicted octanol–water partition coefficient (Wildman–Crippen LogP) is 0.854. The SMILES string of the molecule is NC[C@H]1C[C@H](NC2CCc3cc(-n4ccc(NC(=O)N5CCNCC5)nc4=O)ccc3C2)C1. The van der Waals surface area contributed by atoms with Crippen LogP contribution in [0.25, 0.3) is 5.69 Å². The number of aromatic nitrogens is 2. The number of fused-ring (bicyclic) bond motifs is 1. The first-order valence-corrected chi connectivity index (χ1v) is 12.0. The van der Waals surface area contributed by atoms with Crippen molar-refractivity contribution in [1.29, 1.82) is 0 Å². The number of carbonyl (C=O) groups excluding carboxylic acids is 1. The van der Waals surface area contributed by atoms with E-state index in [1.54, 1.807) is 17.2 Å². The summed E-state index contributed by atoms with van der Waals surface area (Å²) in [4.78, 5) is 30.9. The Kier molecular flexibility index (Phi) is 6.43. The first-order chi connectivity index (χ1) is 16.1. The first-order valence-electron chi connectivity index (χ1n) is 12.0. The lowest BCUT2D eigenvalue weighted by Crippen LogP contribution is -2.49. The average Bonchev–Trinajstić information content (AvgIpc) is 2.81. The average molecular weight is 452 g/mol. The smallest absolute Gasteiger partial charge is 0.330 e. The van der Waals surface area contributed by atoms with E-state index in [-0.39, 0.29) is 11.8 Å². The van der Waals surface area contributed by atoms with Gasteiger partial charge < -0.3 is 21.3 Å². The van der Waals surface area contributed by atoms with Crippen molar-refractivity contribution in [3.8, 4) is 5.69 Å². The van der Waals surface area contributed by atoms with Gasteiger partial charge in [-0.3, -0.25) is 9.88 Å². The van der Waals surface area contributed by atoms with Gasteiger partial charge in [0.2, 0.25) is 0 Å². The zero-order valence-corrected chi connectivity index (χ0v) is 18.9. The second-order valence-corrected chi connectivity index (χ2v) is 9.46. The molecule has 2 aromatic rings. The lowest BCUT2D eigenvalue weighted by atomic mass is 9.79. The summed E-state index contributed by atoms with van der Waals surface area (Å²) in [6.45, 7) is 3.62. The van der Waals surface area contributed by atoms with Crippen molar-refractivity contribution in [2.45, 2.75) is 44.2 Å². The maximum atomic E-state index is 12.7. The van der Waals surface area contributed by atoms with Gasteiger partial charge in [-0.2, -0.15) is 4.98 Å². The summed E-state index contributed by atoms with van der Waals surface area (Å²) in [5.41, 5.74) is 8.79. The normalized spacial score (nSPS) is 24.6. The second-order valence-electron chi connectivity index (χ2n) is 9.46. The van der Waals surface area contributed by atoms with Gasteiger partial charge in [-0.1, -0.05) is 6.07 Å². The Bertz CT molecular complexity index is 1060. The maximum absolute atomic E-state index is 12.7. The largest absolute Gasteiger partial charge is 0.354 e. The van der Waals surface area contributed by atoms with Crippen LogP contribution in [0.4, 0.5) is 10.6 Å². The minimum atomic E-state index is -0.400. The lowest BCUT2D eigenvalue weighted by Gasteiger charge is -2.39. The number of urea groups is 1. The van der Waals surface area contributed by atoms with Crippen LogP contribution in [0.5, 0.6) is 0 Å². The number of piperazine rings is 1. The van der Waals surface area contributed by atoms with E-state index in [0.29, 0.717) is 31.1 Å². The lowest BCUT2D eigenvalue weighted by molar-refractivity contribution is 0.203. The highest BCUT2D eigenvalue weighted by molar-refractivity contribution is 5.88. The quantitative estimate of drug-likeness (QED) is 0.536. The number of hydrogen-bond donors (Lipinski definition) is 4. The molecule has 3 aliphatic rings. The van der Waals surface area contributed by atoms with Gasteiger partial charge in [0.15, 0.2) is 0 Å². The van der Waals surface area contributed by atoms with E-state index in [1.807, 2.05) is 6.07 Å². The number of amides is 2. The van der Waals surface area contributed by atoms with Crippen LogP contribution in [-0.2, 0) is 12.8 Å². The number of aryl methyl sites for hydroxylation is 1. The summed E-state index contributed by atoms with van der Waals surface area (Å²) in [5.74, 6) is 0.967. The molecule has 2 fully saturated rings. The molecule has 0 bridgehead atoms. The molecule has 0 radical (unpaired) electrons. The number of hydrogen-bond acceptors (Lipinski definition) is 6. The van der Waals surface area contributed by atoms with Gasteiger partial charge in [-0.05, 0) is 73.9 Å². The van der Waals surface area contributed by atoms with Crippen molar-refractivity contribution in [2.75, 3.05) is 38.0 Å². The topological polar surface area (TPSA) is 117 Å². The van der Waals surface area contributed by atoms with Gasteiger partial charge in [-0.15, -0.1) is 0 Å². The third-order valence-corrected chi connectivity index (χ3v) is 7.18. The molecule has 1 aromatic carbocycles. The molecule has 1 aliphatic heterocycles. The molecule has 9 nitrogen and oxygen atoms in total. The van der Waals surface area contributed by atoms with Gasteiger partial charge in [0.05, 0.1) is 5.69 Å². The molecule has 1 saturated heterocycles. The molecule has 2 amide bonds. The van der Waals surface area contributed by atoms with E-state index in [0.717, 1.165) is 44.6 Å². The summed E-state index contributed by atoms with van der Waals surface area (Å²) < 4.78 is 1.53. The van der Waals surface area contributed by atoms with Gasteiger partial charge in [0.1, 0.15) is 5.82 Å². The summed E-state index contributed by atoms with van der Waals surface area (Å²) in [7, 11) is 0. The molecule has 1 unspecified atom stereocenters. The van der Waals surface area contributed by atoms with Crippen LogP contribution in [0, 0.1) is 5.92 Å². The number of nitrogens with two attached hydrogens (primary N) is 1. The fourth-order valence-electron chi connectivity index (χ4n) is 5.16. The van der Waals surface area contributed by atoms with Crippen molar-refractivity contribution in [2.24, 2.45) is 11.7 Å². The van der Waals surface area contributed by atoms with Gasteiger partial charge in [0.25, 0.3) is 0 Å². The van der Waals surface area contributed by atoms with Gasteiger partial charge in [-0.25, -0.2) is 9.59 Å². The van der Waals surface area contributed by atoms with Gasteiger partial charge in [0, 0.05) is 44.5 Å². The molecule has 5 rings (SSSR count). The van der Waals surface area contributed by atoms with Crippen LogP contribution < -0.4 is 27.4 Å². The molecule has 2 heterocycles. The number of nitrogens with zero attached hydrogens (tertiary/aromatic N) is 3. The van der Waals surface area contributed by atoms with Crippen molar-refractivity contribution >= 4 is 11.8 Å². The van der Waals surface area contributed by atoms with Crippen LogP contribution >= 0.6 is 0 Å². The molecule has 1 atom stereocenters. The van der Waals surface area contributed by atoms with Crippen molar-refractivity contribution in [1.82, 2.24) is 25.1 Å². The van der Waals surface area contributed by atoms with Crippen LogP contribution in [0.1, 0.15) is 30.4 Å². The Balaban J connectivity index is 1.23. The minimum absolute atomic E-state index is 0.224. The predicted molar refractivity (Wildman–Crippen MR) is 128 cm³/mol. The van der Waals surface area contributed by atoms with Crippen LogP contribution in [0.15, 0.2) is 35.3 Å². The maximum Gasteiger partial charge on any atom is 0.354 e. The third-order valence-electron chi connectivity index (χ3n) is 7.18. The minimum Gasteiger partial charge on any atom is -0.330 e. The van der Waals surface area contributed by atoms with Crippen LogP contribution in [0.3, 0.4) is 0 Å². The van der Waals surface area contributed by atoms with E-state index in [9.17, 15) is 9.59 Å². The van der Waals surface area contributed by atoms with E-state index in [4.69, 9.17) is 5.73 Å². The first kappa shape index (κ1) is 22.1. The Morgan fingerprint density at radius 2 is 1.97 bits per heavy atom. The number of anilines is 1. The van der Waals surface area contributed by atoms with Gasteiger partial charge >= 0.3 is 11.7 Å². The second kappa shape index (κ2) is 9.62. The molecular formula is C24H33N7O2. The zero-order valence-electron chi connectivity index (χ0n) is 18.9. The summed E-state index contributed by atoms with van der Waals surface area (Å²) in [6, 6.07) is 8.79. The molecule has 1 saturated carbocycles. The molecule has 0 spiro atoms. The number of carbonyl (C=O) groups is 1. The monoisotopic (exact) mass is 451 g/mol. The number of rotatable bonds is 5. The highest BCUT2D eigenvalue weighted by atomic mass is 16.2. The van der Waals surface area contributed by atoms with E-state index >= 15 is 0 Å². The number of nitrogens with one attached hydrogen (secondary N) is 3. The zero-order chi connectivity index (χ0) is 22.8. The van der Waals surface area contributed by atoms with Crippen molar-refractivity contribution in [3.05, 3.63) is 52.1 Å². The molecule has 33 heavy (non-hydrogen) atoms. The molecular weight excluding hydrogens is 418 g/mol. The molecule has 9 heteroatoms. The van der Waals surface area contributed by atoms with Crippen LogP contribution in [-0.4, -0.2) is 65.3 Å². The molecule has 2 aliphatic carbocycles. The Morgan fingerprint density at radius 1 is 1.15 bits per heavy atom. The number of benzene rings is 1. The summed E-state index contributed by atoms with van der Waals surface area (Å²) in [5, 5.41) is 9.75. The Morgan fingerprint density at radius 3 is 2.73 bits per heavy atom. The Hall–Kier alpha value is -2.75. The standard InChI is InChI=1S/C24H33N7O2/c25-15-16-11-20(12-16)27-19-3-1-18-14-21(4-2-17(18)13-19)31-8-5-22(29-24(31)33)28-23(32)30-9-6-26-7-10-30/h2,4-5,8,14,16,19-20,26-27H,1,3,6-7,9-13,15,25H2,(H,28,29,32,33)/t16-,19?,20-. The fraction of sp³-hybridized carbons (Fsp3) is 0.542. The highest BCUT2D eigenvalue weighted by Gasteiger charge is 2.30. The highest BCUT2D eigenvalue weighted by Crippen LogP contribution is 2.29. The third kappa shape index (κ3) is 4.95. The molecule has 5 N–H and O–H groups in total. The Labute approximate surface area is 193 Å². The van der Waals surface area contributed by atoms with Crippen molar-refractivity contribution < 1.29 is 4.79 Å². The fourth-order valence-corrected chi connectivity index (χ4v) is 5.16. The molecule has 1 aromatic heterocycles. The van der Waals surface area contributed by atoms with E-state index < -0.39 is 5.69 Å². The molecule has 176 valence electrons. The van der Waals surface area contributed by atoms with E-state index in [1.165, 1.54) is 28.5 Å². The van der Waals surface area contributed by atoms with Crippen molar-refractivity contribution in [3.63, 3.8) is 0 Å². The summed E-state index contributed by atoms with van der Waals surface area (Å²) in [6.07, 6.45) is 7.19. The van der Waals surface area contributed by atoms with E-state index in [2.05, 4.69) is 33.1 Å². The van der Waals surface area contributed by atoms with Crippen LogP contribution in [0.2, 0.25) is 0 Å². The summed E-state index contributed by atoms with van der Waals surface area (Å²) >= 11 is 0.